The topological polar surface area (TPSA) is 9.23 Å². The molecule has 1 aliphatic rings. The minimum atomic E-state index is 0.907. The van der Waals surface area contributed by atoms with Crippen LogP contribution in [0.1, 0.15) is 0 Å². The highest BCUT2D eigenvalue weighted by Crippen LogP contribution is 2.50. The maximum atomic E-state index is 6.45. The highest BCUT2D eigenvalue weighted by atomic mass is 16.5. The van der Waals surface area contributed by atoms with Crippen LogP contribution >= 0.6 is 0 Å². The summed E-state index contributed by atoms with van der Waals surface area (Å²) in [4.78, 5) is 0. The molecule has 0 spiro atoms. The van der Waals surface area contributed by atoms with Crippen LogP contribution in [0.25, 0.3) is 109 Å². The summed E-state index contributed by atoms with van der Waals surface area (Å²) in [6, 6.07) is 71.1. The Morgan fingerprint density at radius 1 is 0.255 bits per heavy atom. The van der Waals surface area contributed by atoms with Gasteiger partial charge in [0.2, 0.25) is 0 Å². The van der Waals surface area contributed by atoms with Gasteiger partial charge in [0.15, 0.2) is 0 Å². The maximum absolute atomic E-state index is 6.45. The number of hydrogen-bond acceptors (Lipinski definition) is 1. The van der Waals surface area contributed by atoms with Gasteiger partial charge in [-0.25, -0.2) is 0 Å². The summed E-state index contributed by atoms with van der Waals surface area (Å²) >= 11 is 0. The zero-order chi connectivity index (χ0) is 36.0. The van der Waals surface area contributed by atoms with Crippen molar-refractivity contribution in [1.29, 1.82) is 0 Å². The molecule has 0 fully saturated rings. The lowest BCUT2D eigenvalue weighted by Gasteiger charge is -2.23. The van der Waals surface area contributed by atoms with Crippen molar-refractivity contribution < 1.29 is 4.74 Å². The number of benzene rings is 11. The number of hydrogen-bond donors (Lipinski definition) is 0. The average molecular weight is 697 g/mol. The van der Waals surface area contributed by atoms with Crippen molar-refractivity contribution in [3.8, 4) is 56.0 Å². The SMILES string of the molecule is c1cc(-c2c3ccccc3c(-c3cc4ccc5ccccc5c4c4ccccc34)c3ccccc23)cc(-c2ccc3c4c(cccc24)Oc2ccccc2-3)c1. The van der Waals surface area contributed by atoms with E-state index in [1.54, 1.807) is 0 Å². The summed E-state index contributed by atoms with van der Waals surface area (Å²) in [6.45, 7) is 0. The first-order valence-electron chi connectivity index (χ1n) is 19.0. The Morgan fingerprint density at radius 2 is 0.818 bits per heavy atom. The van der Waals surface area contributed by atoms with Crippen molar-refractivity contribution in [3.63, 3.8) is 0 Å². The fourth-order valence-electron chi connectivity index (χ4n) is 9.49. The van der Waals surface area contributed by atoms with E-state index in [2.05, 4.69) is 188 Å². The van der Waals surface area contributed by atoms with Gasteiger partial charge < -0.3 is 4.74 Å². The summed E-state index contributed by atoms with van der Waals surface area (Å²) < 4.78 is 6.45. The van der Waals surface area contributed by atoms with E-state index in [1.165, 1.54) is 104 Å². The number of ether oxygens (including phenoxy) is 1. The second kappa shape index (κ2) is 11.6. The van der Waals surface area contributed by atoms with Crippen molar-refractivity contribution in [2.75, 3.05) is 0 Å². The first-order chi connectivity index (χ1) is 27.3. The van der Waals surface area contributed by atoms with Crippen LogP contribution in [0.4, 0.5) is 0 Å². The van der Waals surface area contributed by atoms with E-state index in [9.17, 15) is 0 Å². The van der Waals surface area contributed by atoms with Gasteiger partial charge in [-0.15, -0.1) is 0 Å². The molecule has 11 aromatic rings. The van der Waals surface area contributed by atoms with Gasteiger partial charge in [0.05, 0.1) is 0 Å². The van der Waals surface area contributed by atoms with Crippen LogP contribution in [-0.4, -0.2) is 0 Å². The number of rotatable bonds is 3. The monoisotopic (exact) mass is 696 g/mol. The lowest BCUT2D eigenvalue weighted by molar-refractivity contribution is 0.487. The molecule has 0 saturated carbocycles. The van der Waals surface area contributed by atoms with Gasteiger partial charge in [-0.2, -0.15) is 0 Å². The van der Waals surface area contributed by atoms with Crippen LogP contribution in [-0.2, 0) is 0 Å². The Balaban J connectivity index is 1.11. The normalized spacial score (nSPS) is 12.1. The zero-order valence-corrected chi connectivity index (χ0v) is 29.9. The van der Waals surface area contributed by atoms with Crippen LogP contribution in [0.3, 0.4) is 0 Å². The molecule has 1 aliphatic heterocycles. The molecule has 1 heteroatoms. The van der Waals surface area contributed by atoms with Gasteiger partial charge in [-0.1, -0.05) is 170 Å². The van der Waals surface area contributed by atoms with Crippen molar-refractivity contribution in [2.24, 2.45) is 0 Å². The van der Waals surface area contributed by atoms with Crippen molar-refractivity contribution >= 4 is 64.6 Å². The Bertz CT molecular complexity index is 3350. The zero-order valence-electron chi connectivity index (χ0n) is 29.9. The van der Waals surface area contributed by atoms with Gasteiger partial charge in [0, 0.05) is 10.9 Å². The third-order valence-electron chi connectivity index (χ3n) is 11.8. The Morgan fingerprint density at radius 3 is 1.62 bits per heavy atom. The predicted molar refractivity (Wildman–Crippen MR) is 233 cm³/mol. The summed E-state index contributed by atoms with van der Waals surface area (Å²) in [5, 5.41) is 15.0. The van der Waals surface area contributed by atoms with E-state index in [-0.39, 0.29) is 0 Å². The van der Waals surface area contributed by atoms with E-state index in [0.717, 1.165) is 17.1 Å². The summed E-state index contributed by atoms with van der Waals surface area (Å²) in [5.41, 5.74) is 9.74. The summed E-state index contributed by atoms with van der Waals surface area (Å²) in [5.74, 6) is 1.82. The fraction of sp³-hybridized carbons (Fsp3) is 0. The molecule has 0 N–H and O–H groups in total. The summed E-state index contributed by atoms with van der Waals surface area (Å²) in [7, 11) is 0. The molecule has 55 heavy (non-hydrogen) atoms. The molecule has 0 amide bonds. The standard InChI is InChI=1S/C54H32O/c1-2-16-38-33(13-1)27-28-36-32-48(39-17-3-4-19-42(39)51(36)38)53-45-22-7-5-20-43(45)52(44-21-6-8-23-46(44)53)35-15-11-14-34(31-35)37-29-30-47-40-18-9-10-25-49(40)55-50-26-12-24-41(37)54(47)50/h1-32H. The first-order valence-corrected chi connectivity index (χ1v) is 19.0. The van der Waals surface area contributed by atoms with Gasteiger partial charge >= 0.3 is 0 Å². The van der Waals surface area contributed by atoms with Gasteiger partial charge in [-0.05, 0) is 122 Å². The summed E-state index contributed by atoms with van der Waals surface area (Å²) in [6.07, 6.45) is 0. The molecular weight excluding hydrogens is 665 g/mol. The van der Waals surface area contributed by atoms with Gasteiger partial charge in [0.1, 0.15) is 11.5 Å². The molecule has 0 radical (unpaired) electrons. The van der Waals surface area contributed by atoms with Crippen LogP contribution in [0.2, 0.25) is 0 Å². The lowest BCUT2D eigenvalue weighted by Crippen LogP contribution is -1.97. The van der Waals surface area contributed by atoms with Crippen LogP contribution in [0.5, 0.6) is 11.5 Å². The second-order valence-corrected chi connectivity index (χ2v) is 14.7. The molecule has 0 saturated heterocycles. The van der Waals surface area contributed by atoms with Crippen LogP contribution < -0.4 is 4.74 Å². The van der Waals surface area contributed by atoms with Crippen molar-refractivity contribution in [3.05, 3.63) is 194 Å². The molecule has 1 heterocycles. The van der Waals surface area contributed by atoms with Crippen molar-refractivity contribution in [2.45, 2.75) is 0 Å². The molecule has 0 aromatic heterocycles. The minimum Gasteiger partial charge on any atom is -0.456 e. The maximum Gasteiger partial charge on any atom is 0.135 e. The molecule has 12 rings (SSSR count). The Kier molecular flexibility index (Phi) is 6.40. The van der Waals surface area contributed by atoms with Crippen LogP contribution in [0, 0.1) is 0 Å². The van der Waals surface area contributed by atoms with E-state index in [0.29, 0.717) is 0 Å². The molecule has 254 valence electrons. The molecule has 0 unspecified atom stereocenters. The number of para-hydroxylation sites is 1. The molecule has 0 atom stereocenters. The third-order valence-corrected chi connectivity index (χ3v) is 11.8. The molecule has 1 nitrogen and oxygen atoms in total. The smallest absolute Gasteiger partial charge is 0.135 e. The van der Waals surface area contributed by atoms with Gasteiger partial charge in [0.25, 0.3) is 0 Å². The molecule has 0 bridgehead atoms. The van der Waals surface area contributed by atoms with Crippen molar-refractivity contribution in [1.82, 2.24) is 0 Å². The Hall–Kier alpha value is -7.22. The first kappa shape index (κ1) is 30.3. The van der Waals surface area contributed by atoms with E-state index in [4.69, 9.17) is 4.74 Å². The second-order valence-electron chi connectivity index (χ2n) is 14.7. The quantitative estimate of drug-likeness (QED) is 0.132. The third kappa shape index (κ3) is 4.41. The lowest BCUT2D eigenvalue weighted by atomic mass is 9.83. The minimum absolute atomic E-state index is 0.907. The highest BCUT2D eigenvalue weighted by molar-refractivity contribution is 6.28. The molecular formula is C54H32O. The van der Waals surface area contributed by atoms with E-state index in [1.807, 2.05) is 6.07 Å². The molecule has 0 aliphatic carbocycles. The van der Waals surface area contributed by atoms with Crippen LogP contribution in [0.15, 0.2) is 194 Å². The van der Waals surface area contributed by atoms with E-state index < -0.39 is 0 Å². The van der Waals surface area contributed by atoms with E-state index >= 15 is 0 Å². The Labute approximate surface area is 318 Å². The highest BCUT2D eigenvalue weighted by Gasteiger charge is 2.23. The molecule has 11 aromatic carbocycles. The average Bonchev–Trinajstić information content (AvgIpc) is 3.25. The number of fused-ring (bicyclic) bond motifs is 9. The predicted octanol–water partition coefficient (Wildman–Crippen LogP) is 15.4. The largest absolute Gasteiger partial charge is 0.456 e. The fourth-order valence-corrected chi connectivity index (χ4v) is 9.49. The van der Waals surface area contributed by atoms with Gasteiger partial charge in [-0.3, -0.25) is 0 Å².